The van der Waals surface area contributed by atoms with Crippen molar-refractivity contribution in [2.24, 2.45) is 0 Å². The van der Waals surface area contributed by atoms with Crippen molar-refractivity contribution in [3.63, 3.8) is 0 Å². The number of carbonyl (C=O) groups is 1. The Morgan fingerprint density at radius 2 is 2.23 bits per heavy atom. The Bertz CT molecular complexity index is 164. The predicted octanol–water partition coefficient (Wildman–Crippen LogP) is -0.537. The summed E-state index contributed by atoms with van der Waals surface area (Å²) in [7, 11) is 0. The molecule has 1 aliphatic rings. The van der Waals surface area contributed by atoms with Gasteiger partial charge in [-0.3, -0.25) is 4.79 Å². The number of hydrogen-bond donors (Lipinski definition) is 3. The molecule has 2 unspecified atom stereocenters. The van der Waals surface area contributed by atoms with Crippen LogP contribution in [-0.4, -0.2) is 37.6 Å². The highest BCUT2D eigenvalue weighted by Crippen LogP contribution is 1.92. The van der Waals surface area contributed by atoms with Gasteiger partial charge < -0.3 is 16.0 Å². The van der Waals surface area contributed by atoms with E-state index in [4.69, 9.17) is 0 Å². The van der Waals surface area contributed by atoms with E-state index < -0.39 is 0 Å². The van der Waals surface area contributed by atoms with E-state index in [-0.39, 0.29) is 11.9 Å². The lowest BCUT2D eigenvalue weighted by molar-refractivity contribution is -0.123. The molecule has 1 fully saturated rings. The van der Waals surface area contributed by atoms with Gasteiger partial charge in [0.2, 0.25) is 5.91 Å². The largest absolute Gasteiger partial charge is 0.355 e. The molecule has 1 saturated heterocycles. The molecule has 2 atom stereocenters. The Balaban J connectivity index is 2.23. The van der Waals surface area contributed by atoms with E-state index in [0.29, 0.717) is 6.04 Å². The maximum atomic E-state index is 11.5. The topological polar surface area (TPSA) is 53.2 Å². The van der Waals surface area contributed by atoms with E-state index in [1.54, 1.807) is 0 Å². The van der Waals surface area contributed by atoms with Gasteiger partial charge in [-0.1, -0.05) is 6.92 Å². The SMILES string of the molecule is CCCNC(=O)C1CNC(C)CN1. The van der Waals surface area contributed by atoms with Crippen molar-refractivity contribution in [1.29, 1.82) is 0 Å². The zero-order valence-electron chi connectivity index (χ0n) is 8.39. The second-order valence-corrected chi connectivity index (χ2v) is 3.56. The van der Waals surface area contributed by atoms with Gasteiger partial charge >= 0.3 is 0 Å². The van der Waals surface area contributed by atoms with E-state index in [9.17, 15) is 4.79 Å². The smallest absolute Gasteiger partial charge is 0.238 e. The average molecular weight is 185 g/mol. The summed E-state index contributed by atoms with van der Waals surface area (Å²) >= 11 is 0. The molecule has 13 heavy (non-hydrogen) atoms. The lowest BCUT2D eigenvalue weighted by Crippen LogP contribution is -2.58. The van der Waals surface area contributed by atoms with Crippen LogP contribution in [0.2, 0.25) is 0 Å². The van der Waals surface area contributed by atoms with Gasteiger partial charge in [0.1, 0.15) is 0 Å². The van der Waals surface area contributed by atoms with Crippen LogP contribution in [0.4, 0.5) is 0 Å². The fourth-order valence-corrected chi connectivity index (χ4v) is 1.34. The van der Waals surface area contributed by atoms with Crippen molar-refractivity contribution in [3.8, 4) is 0 Å². The molecule has 0 aliphatic carbocycles. The van der Waals surface area contributed by atoms with Gasteiger partial charge in [-0.2, -0.15) is 0 Å². The van der Waals surface area contributed by atoms with Crippen LogP contribution in [-0.2, 0) is 4.79 Å². The van der Waals surface area contributed by atoms with Crippen molar-refractivity contribution >= 4 is 5.91 Å². The highest BCUT2D eigenvalue weighted by atomic mass is 16.2. The first-order chi connectivity index (χ1) is 6.24. The van der Waals surface area contributed by atoms with Crippen molar-refractivity contribution in [3.05, 3.63) is 0 Å². The molecule has 1 amide bonds. The second-order valence-electron chi connectivity index (χ2n) is 3.56. The number of carbonyl (C=O) groups excluding carboxylic acids is 1. The summed E-state index contributed by atoms with van der Waals surface area (Å²) in [6.07, 6.45) is 0.988. The molecule has 0 aromatic rings. The Labute approximate surface area is 79.5 Å². The summed E-state index contributed by atoms with van der Waals surface area (Å²) in [5, 5.41) is 9.34. The number of piperazine rings is 1. The van der Waals surface area contributed by atoms with Gasteiger partial charge in [0, 0.05) is 25.7 Å². The number of hydrogen-bond acceptors (Lipinski definition) is 3. The van der Waals surface area contributed by atoms with Crippen molar-refractivity contribution < 1.29 is 4.79 Å². The van der Waals surface area contributed by atoms with Crippen LogP contribution in [0, 0.1) is 0 Å². The second kappa shape index (κ2) is 5.19. The summed E-state index contributed by atoms with van der Waals surface area (Å²) in [4.78, 5) is 11.5. The maximum absolute atomic E-state index is 11.5. The highest BCUT2D eigenvalue weighted by molar-refractivity contribution is 5.82. The van der Waals surface area contributed by atoms with Gasteiger partial charge in [-0.05, 0) is 13.3 Å². The minimum absolute atomic E-state index is 0.0530. The zero-order valence-corrected chi connectivity index (χ0v) is 8.39. The van der Waals surface area contributed by atoms with Crippen LogP contribution >= 0.6 is 0 Å². The average Bonchev–Trinajstić information content (AvgIpc) is 2.15. The third kappa shape index (κ3) is 3.32. The lowest BCUT2D eigenvalue weighted by Gasteiger charge is -2.28. The first-order valence-electron chi connectivity index (χ1n) is 4.98. The van der Waals surface area contributed by atoms with Gasteiger partial charge in [0.15, 0.2) is 0 Å². The van der Waals surface area contributed by atoms with E-state index in [1.807, 2.05) is 0 Å². The molecule has 1 aliphatic heterocycles. The van der Waals surface area contributed by atoms with Crippen LogP contribution in [0.15, 0.2) is 0 Å². The van der Waals surface area contributed by atoms with Gasteiger partial charge in [0.05, 0.1) is 6.04 Å². The minimum atomic E-state index is -0.0530. The van der Waals surface area contributed by atoms with Gasteiger partial charge in [-0.15, -0.1) is 0 Å². The number of amides is 1. The van der Waals surface area contributed by atoms with E-state index in [1.165, 1.54) is 0 Å². The van der Waals surface area contributed by atoms with Crippen LogP contribution in [0.25, 0.3) is 0 Å². The molecule has 0 bridgehead atoms. The fourth-order valence-electron chi connectivity index (χ4n) is 1.34. The van der Waals surface area contributed by atoms with Crippen LogP contribution in [0.1, 0.15) is 20.3 Å². The van der Waals surface area contributed by atoms with Crippen molar-refractivity contribution in [1.82, 2.24) is 16.0 Å². The fraction of sp³-hybridized carbons (Fsp3) is 0.889. The van der Waals surface area contributed by atoms with E-state index >= 15 is 0 Å². The van der Waals surface area contributed by atoms with Crippen molar-refractivity contribution in [2.75, 3.05) is 19.6 Å². The predicted molar refractivity (Wildman–Crippen MR) is 52.6 cm³/mol. The number of rotatable bonds is 3. The molecule has 1 heterocycles. The third-order valence-corrected chi connectivity index (χ3v) is 2.21. The minimum Gasteiger partial charge on any atom is -0.355 e. The van der Waals surface area contributed by atoms with Crippen LogP contribution in [0.3, 0.4) is 0 Å². The van der Waals surface area contributed by atoms with Crippen LogP contribution in [0.5, 0.6) is 0 Å². The molecule has 0 radical (unpaired) electrons. The van der Waals surface area contributed by atoms with Gasteiger partial charge in [-0.25, -0.2) is 0 Å². The molecule has 0 aromatic heterocycles. The maximum Gasteiger partial charge on any atom is 0.238 e. The Kier molecular flexibility index (Phi) is 4.18. The monoisotopic (exact) mass is 185 g/mol. The Morgan fingerprint density at radius 1 is 1.46 bits per heavy atom. The molecule has 1 rings (SSSR count). The molecule has 4 heteroatoms. The molecule has 3 N–H and O–H groups in total. The molecule has 4 nitrogen and oxygen atoms in total. The highest BCUT2D eigenvalue weighted by Gasteiger charge is 2.22. The molecule has 0 aromatic carbocycles. The first kappa shape index (κ1) is 10.5. The normalized spacial score (nSPS) is 28.5. The molecule has 0 saturated carbocycles. The summed E-state index contributed by atoms with van der Waals surface area (Å²) in [6, 6.07) is 0.415. The Hall–Kier alpha value is -0.610. The molecule has 76 valence electrons. The Morgan fingerprint density at radius 3 is 2.77 bits per heavy atom. The van der Waals surface area contributed by atoms with Crippen LogP contribution < -0.4 is 16.0 Å². The summed E-state index contributed by atoms with van der Waals surface area (Å²) in [5.41, 5.74) is 0. The summed E-state index contributed by atoms with van der Waals surface area (Å²) < 4.78 is 0. The molecular formula is C9H19N3O. The molecular weight excluding hydrogens is 166 g/mol. The van der Waals surface area contributed by atoms with Gasteiger partial charge in [0.25, 0.3) is 0 Å². The molecule has 0 spiro atoms. The number of nitrogens with one attached hydrogen (secondary N) is 3. The lowest BCUT2D eigenvalue weighted by atomic mass is 10.1. The zero-order chi connectivity index (χ0) is 9.68. The van der Waals surface area contributed by atoms with E-state index in [0.717, 1.165) is 26.1 Å². The standard InChI is InChI=1S/C9H19N3O/c1-3-4-10-9(13)8-6-11-7(2)5-12-8/h7-8,11-12H,3-6H2,1-2H3,(H,10,13). The summed E-state index contributed by atoms with van der Waals surface area (Å²) in [6.45, 7) is 6.52. The quantitative estimate of drug-likeness (QED) is 0.553. The summed E-state index contributed by atoms with van der Waals surface area (Å²) in [5.74, 6) is 0.112. The van der Waals surface area contributed by atoms with Crippen molar-refractivity contribution in [2.45, 2.75) is 32.4 Å². The third-order valence-electron chi connectivity index (χ3n) is 2.21. The van der Waals surface area contributed by atoms with E-state index in [2.05, 4.69) is 29.8 Å². The first-order valence-corrected chi connectivity index (χ1v) is 4.98.